The largest absolute Gasteiger partial charge is 0.393 e. The fourth-order valence-electron chi connectivity index (χ4n) is 1.57. The first-order valence-corrected chi connectivity index (χ1v) is 5.51. The molecule has 0 saturated heterocycles. The van der Waals surface area contributed by atoms with E-state index in [0.29, 0.717) is 12.1 Å². The van der Waals surface area contributed by atoms with Crippen molar-refractivity contribution in [3.8, 4) is 0 Å². The molecule has 4 N–H and O–H groups in total. The topological polar surface area (TPSA) is 101 Å². The molecule has 0 aliphatic carbocycles. The molecule has 94 valence electrons. The number of nitrogens with zero attached hydrogens (tertiary/aromatic N) is 1. The van der Waals surface area contributed by atoms with Crippen LogP contribution in [-0.4, -0.2) is 22.7 Å². The van der Waals surface area contributed by atoms with Crippen molar-refractivity contribution in [2.75, 3.05) is 17.6 Å². The Hall–Kier alpha value is -1.82. The number of nitrogen functional groups attached to an aromatic ring is 1. The van der Waals surface area contributed by atoms with Crippen LogP contribution in [0.1, 0.15) is 19.8 Å². The maximum atomic E-state index is 10.8. The second-order valence-corrected chi connectivity index (χ2v) is 3.82. The van der Waals surface area contributed by atoms with Crippen molar-refractivity contribution in [1.29, 1.82) is 0 Å². The number of benzene rings is 1. The highest BCUT2D eigenvalue weighted by molar-refractivity contribution is 5.74. The predicted octanol–water partition coefficient (Wildman–Crippen LogP) is 1.75. The molecule has 0 aliphatic rings. The Morgan fingerprint density at radius 3 is 2.88 bits per heavy atom. The monoisotopic (exact) mass is 239 g/mol. The van der Waals surface area contributed by atoms with Gasteiger partial charge < -0.3 is 16.2 Å². The maximum Gasteiger partial charge on any atom is 0.314 e. The van der Waals surface area contributed by atoms with Crippen LogP contribution in [0.2, 0.25) is 0 Å². The Morgan fingerprint density at radius 1 is 1.59 bits per heavy atom. The summed E-state index contributed by atoms with van der Waals surface area (Å²) < 4.78 is 0. The number of nitro benzene ring substituents is 1. The Labute approximate surface area is 99.6 Å². The third-order valence-corrected chi connectivity index (χ3v) is 2.40. The molecule has 0 amide bonds. The van der Waals surface area contributed by atoms with Gasteiger partial charge in [0.15, 0.2) is 0 Å². The fraction of sp³-hybridized carbons (Fsp3) is 0.455. The molecular formula is C11H17N3O3. The summed E-state index contributed by atoms with van der Waals surface area (Å²) in [4.78, 5) is 10.3. The number of nitrogens with one attached hydrogen (secondary N) is 1. The highest BCUT2D eigenvalue weighted by atomic mass is 16.6. The lowest BCUT2D eigenvalue weighted by molar-refractivity contribution is -0.383. The van der Waals surface area contributed by atoms with Gasteiger partial charge in [-0.1, -0.05) is 19.4 Å². The molecule has 17 heavy (non-hydrogen) atoms. The van der Waals surface area contributed by atoms with Gasteiger partial charge in [0.1, 0.15) is 11.4 Å². The van der Waals surface area contributed by atoms with Gasteiger partial charge in [-0.2, -0.15) is 0 Å². The zero-order valence-electron chi connectivity index (χ0n) is 9.72. The molecule has 0 heterocycles. The van der Waals surface area contributed by atoms with E-state index in [2.05, 4.69) is 5.32 Å². The van der Waals surface area contributed by atoms with Crippen molar-refractivity contribution >= 4 is 17.1 Å². The van der Waals surface area contributed by atoms with Gasteiger partial charge in [0.05, 0.1) is 11.0 Å². The zero-order valence-corrected chi connectivity index (χ0v) is 9.72. The molecule has 6 nitrogen and oxygen atoms in total. The normalized spacial score (nSPS) is 12.1. The lowest BCUT2D eigenvalue weighted by Crippen LogP contribution is -2.19. The summed E-state index contributed by atoms with van der Waals surface area (Å²) in [6, 6.07) is 4.69. The molecular weight excluding hydrogens is 222 g/mol. The van der Waals surface area contributed by atoms with Gasteiger partial charge in [-0.25, -0.2) is 0 Å². The number of aliphatic hydroxyl groups is 1. The van der Waals surface area contributed by atoms with E-state index in [4.69, 9.17) is 5.73 Å². The van der Waals surface area contributed by atoms with Crippen molar-refractivity contribution < 1.29 is 10.0 Å². The summed E-state index contributed by atoms with van der Waals surface area (Å²) in [6.07, 6.45) is 1.01. The third-order valence-electron chi connectivity index (χ3n) is 2.40. The number of anilines is 2. The van der Waals surface area contributed by atoms with E-state index in [9.17, 15) is 15.2 Å². The predicted molar refractivity (Wildman–Crippen MR) is 66.9 cm³/mol. The number of hydrogen-bond acceptors (Lipinski definition) is 5. The van der Waals surface area contributed by atoms with Crippen LogP contribution in [0.3, 0.4) is 0 Å². The second kappa shape index (κ2) is 6.05. The molecule has 1 rings (SSSR count). The van der Waals surface area contributed by atoms with Crippen LogP contribution in [0.15, 0.2) is 18.2 Å². The minimum atomic E-state index is -0.524. The smallest absolute Gasteiger partial charge is 0.314 e. The summed E-state index contributed by atoms with van der Waals surface area (Å²) in [6.45, 7) is 2.24. The molecule has 0 saturated carbocycles. The number of rotatable bonds is 6. The van der Waals surface area contributed by atoms with E-state index < -0.39 is 11.0 Å². The standard InChI is InChI=1S/C11H17N3O3/c1-2-4-8(15)7-13-10-6-3-5-9(12)11(10)14(16)17/h3,5-6,8,13,15H,2,4,7,12H2,1H3. The van der Waals surface area contributed by atoms with Crippen LogP contribution in [0.5, 0.6) is 0 Å². The van der Waals surface area contributed by atoms with Crippen molar-refractivity contribution in [1.82, 2.24) is 0 Å². The van der Waals surface area contributed by atoms with Crippen LogP contribution in [0.25, 0.3) is 0 Å². The molecule has 1 aromatic carbocycles. The number of nitro groups is 1. The molecule has 0 radical (unpaired) electrons. The number of aliphatic hydroxyl groups excluding tert-OH is 1. The van der Waals surface area contributed by atoms with Gasteiger partial charge in [0, 0.05) is 6.54 Å². The molecule has 0 spiro atoms. The van der Waals surface area contributed by atoms with Crippen LogP contribution in [-0.2, 0) is 0 Å². The number of para-hydroxylation sites is 1. The molecule has 0 aromatic heterocycles. The lowest BCUT2D eigenvalue weighted by Gasteiger charge is -2.12. The fourth-order valence-corrected chi connectivity index (χ4v) is 1.57. The molecule has 1 aromatic rings. The van der Waals surface area contributed by atoms with E-state index in [0.717, 1.165) is 6.42 Å². The van der Waals surface area contributed by atoms with Crippen molar-refractivity contribution in [2.45, 2.75) is 25.9 Å². The molecule has 1 unspecified atom stereocenters. The Kier molecular flexibility index (Phi) is 4.71. The van der Waals surface area contributed by atoms with Crippen molar-refractivity contribution in [2.24, 2.45) is 0 Å². The highest BCUT2D eigenvalue weighted by Crippen LogP contribution is 2.30. The minimum Gasteiger partial charge on any atom is -0.393 e. The van der Waals surface area contributed by atoms with Gasteiger partial charge in [0.25, 0.3) is 0 Å². The Balaban J connectivity index is 2.77. The van der Waals surface area contributed by atoms with E-state index in [1.807, 2.05) is 6.92 Å². The summed E-state index contributed by atoms with van der Waals surface area (Å²) in [5.74, 6) is 0. The average molecular weight is 239 g/mol. The Bertz CT molecular complexity index is 396. The summed E-state index contributed by atoms with van der Waals surface area (Å²) in [7, 11) is 0. The van der Waals surface area contributed by atoms with Gasteiger partial charge in [0.2, 0.25) is 0 Å². The van der Waals surface area contributed by atoms with E-state index >= 15 is 0 Å². The maximum absolute atomic E-state index is 10.8. The summed E-state index contributed by atoms with van der Waals surface area (Å²) in [5, 5.41) is 23.2. The van der Waals surface area contributed by atoms with Gasteiger partial charge >= 0.3 is 5.69 Å². The lowest BCUT2D eigenvalue weighted by atomic mass is 10.2. The van der Waals surface area contributed by atoms with Gasteiger partial charge in [-0.05, 0) is 18.6 Å². The molecule has 0 bridgehead atoms. The summed E-state index contributed by atoms with van der Waals surface area (Å²) in [5.41, 5.74) is 5.85. The Morgan fingerprint density at radius 2 is 2.29 bits per heavy atom. The highest BCUT2D eigenvalue weighted by Gasteiger charge is 2.17. The quantitative estimate of drug-likeness (QED) is 0.399. The van der Waals surface area contributed by atoms with Gasteiger partial charge in [-0.15, -0.1) is 0 Å². The SMILES string of the molecule is CCCC(O)CNc1cccc(N)c1[N+](=O)[O-]. The summed E-state index contributed by atoms with van der Waals surface area (Å²) >= 11 is 0. The van der Waals surface area contributed by atoms with Crippen LogP contribution < -0.4 is 11.1 Å². The number of hydrogen-bond donors (Lipinski definition) is 3. The minimum absolute atomic E-state index is 0.116. The van der Waals surface area contributed by atoms with Crippen LogP contribution in [0, 0.1) is 10.1 Å². The van der Waals surface area contributed by atoms with Gasteiger partial charge in [-0.3, -0.25) is 10.1 Å². The van der Waals surface area contributed by atoms with E-state index in [-0.39, 0.29) is 17.9 Å². The van der Waals surface area contributed by atoms with E-state index in [1.54, 1.807) is 12.1 Å². The first-order valence-electron chi connectivity index (χ1n) is 5.51. The van der Waals surface area contributed by atoms with Crippen LogP contribution >= 0.6 is 0 Å². The second-order valence-electron chi connectivity index (χ2n) is 3.82. The van der Waals surface area contributed by atoms with Crippen molar-refractivity contribution in [3.63, 3.8) is 0 Å². The molecule has 6 heteroatoms. The molecule has 0 aliphatic heterocycles. The average Bonchev–Trinajstić information content (AvgIpc) is 2.26. The number of nitrogens with two attached hydrogens (primary N) is 1. The zero-order chi connectivity index (χ0) is 12.8. The molecule has 1 atom stereocenters. The van der Waals surface area contributed by atoms with Crippen molar-refractivity contribution in [3.05, 3.63) is 28.3 Å². The molecule has 0 fully saturated rings. The first kappa shape index (κ1) is 13.2. The third kappa shape index (κ3) is 3.60. The first-order chi connectivity index (χ1) is 8.06. The van der Waals surface area contributed by atoms with Crippen LogP contribution in [0.4, 0.5) is 17.1 Å². The van der Waals surface area contributed by atoms with E-state index in [1.165, 1.54) is 6.07 Å².